The second-order valence-corrected chi connectivity index (χ2v) is 32.8. The van der Waals surface area contributed by atoms with Gasteiger partial charge in [0.1, 0.15) is 0 Å². The number of aliphatic hydroxyl groups is 1. The van der Waals surface area contributed by atoms with Crippen LogP contribution in [0.25, 0.3) is 0 Å². The van der Waals surface area contributed by atoms with E-state index in [9.17, 15) is 9.90 Å². The molecule has 5 nitrogen and oxygen atoms in total. The molecule has 0 fully saturated rings. The third kappa shape index (κ3) is 33.8. The lowest BCUT2D eigenvalue weighted by atomic mass is 9.99. The van der Waals surface area contributed by atoms with Crippen molar-refractivity contribution in [2.45, 2.75) is 347 Å². The smallest absolute Gasteiger partial charge is 0.220 e. The molecule has 0 aromatic carbocycles. The van der Waals surface area contributed by atoms with Crippen molar-refractivity contribution in [3.05, 3.63) is 0 Å². The first-order valence-corrected chi connectivity index (χ1v) is 34.0. The molecule has 0 saturated carbocycles. The van der Waals surface area contributed by atoms with Gasteiger partial charge in [0, 0.05) is 6.42 Å². The summed E-state index contributed by atoms with van der Waals surface area (Å²) in [6.07, 6.45) is 48.1. The molecule has 0 aromatic heterocycles. The summed E-state index contributed by atoms with van der Waals surface area (Å²) in [4.78, 5) is 13.5. The fourth-order valence-corrected chi connectivity index (χ4v) is 11.3. The van der Waals surface area contributed by atoms with E-state index in [-0.39, 0.29) is 34.8 Å². The first-order valence-electron chi connectivity index (χ1n) is 28.2. The Balaban J connectivity index is 4.81. The summed E-state index contributed by atoms with van der Waals surface area (Å²) < 4.78 is 14.5. The third-order valence-corrected chi connectivity index (χ3v) is 24.1. The van der Waals surface area contributed by atoms with Gasteiger partial charge < -0.3 is 19.3 Å². The summed E-state index contributed by atoms with van der Waals surface area (Å²) in [7, 11) is -4.44. The van der Waals surface area contributed by atoms with E-state index in [0.717, 1.165) is 25.7 Å². The van der Waals surface area contributed by atoms with Crippen LogP contribution in [0.2, 0.25) is 36.3 Å². The van der Waals surface area contributed by atoms with Crippen molar-refractivity contribution in [3.63, 3.8) is 0 Å². The maximum Gasteiger partial charge on any atom is 0.220 e. The number of carbonyl (C=O) groups excluding carboxylic acids is 1. The summed E-state index contributed by atoms with van der Waals surface area (Å²) in [5, 5.41) is 14.3. The Hall–Kier alpha value is -0.216. The van der Waals surface area contributed by atoms with E-state index in [2.05, 4.69) is 86.9 Å². The van der Waals surface area contributed by atoms with E-state index < -0.39 is 22.7 Å². The summed E-state index contributed by atoms with van der Waals surface area (Å²) in [6.45, 7) is 27.4. The minimum Gasteiger partial charge on any atom is -0.411 e. The molecule has 0 aliphatic carbocycles. The standard InChI is InChI=1S/C56H117NO4Si2/c1-13-15-17-19-21-23-25-27-28-29-30-31-32-33-34-35-36-37-39-41-43-45-47-49-53(59)57-51(50-58)54(61-63(11,12)56(6,7)8)52(60-62(9,10)55(3,4)5)48-46-44-42-40-38-26-24-22-20-18-16-14-2/h51-52,54,58H,13-50H2,1-12H3,(H,57,59)/t51-,52?,54?/m0/s1. The highest BCUT2D eigenvalue weighted by Gasteiger charge is 2.46. The van der Waals surface area contributed by atoms with Gasteiger partial charge in [0.15, 0.2) is 16.6 Å². The number of unbranched alkanes of at least 4 members (excludes halogenated alkanes) is 33. The van der Waals surface area contributed by atoms with Gasteiger partial charge in [0.25, 0.3) is 0 Å². The van der Waals surface area contributed by atoms with Crippen molar-refractivity contribution < 1.29 is 18.8 Å². The first-order chi connectivity index (χ1) is 29.9. The quantitative estimate of drug-likeness (QED) is 0.0472. The Bertz CT molecular complexity index is 1020. The zero-order valence-electron chi connectivity index (χ0n) is 45.3. The number of amides is 1. The van der Waals surface area contributed by atoms with E-state index in [1.807, 2.05) is 0 Å². The number of nitrogens with one attached hydrogen (secondary N) is 1. The van der Waals surface area contributed by atoms with Gasteiger partial charge in [-0.05, 0) is 49.1 Å². The molecular weight excluding hydrogens is 807 g/mol. The molecule has 0 aromatic rings. The molecule has 0 heterocycles. The van der Waals surface area contributed by atoms with Crippen LogP contribution in [0.15, 0.2) is 0 Å². The number of rotatable bonds is 45. The van der Waals surface area contributed by atoms with Crippen LogP contribution in [-0.2, 0) is 13.6 Å². The van der Waals surface area contributed by atoms with Crippen molar-refractivity contribution in [2.24, 2.45) is 0 Å². The van der Waals surface area contributed by atoms with Crippen molar-refractivity contribution in [1.29, 1.82) is 0 Å². The van der Waals surface area contributed by atoms with Gasteiger partial charge in [-0.3, -0.25) is 4.79 Å². The molecular formula is C56H117NO4Si2. The van der Waals surface area contributed by atoms with Gasteiger partial charge in [0.05, 0.1) is 24.9 Å². The van der Waals surface area contributed by atoms with Crippen LogP contribution in [0.3, 0.4) is 0 Å². The van der Waals surface area contributed by atoms with Crippen molar-refractivity contribution in [2.75, 3.05) is 6.61 Å². The summed E-state index contributed by atoms with van der Waals surface area (Å²) >= 11 is 0. The zero-order valence-corrected chi connectivity index (χ0v) is 47.3. The summed E-state index contributed by atoms with van der Waals surface area (Å²) in [5.41, 5.74) is 0. The lowest BCUT2D eigenvalue weighted by Gasteiger charge is -2.47. The zero-order chi connectivity index (χ0) is 47.3. The van der Waals surface area contributed by atoms with E-state index in [1.54, 1.807) is 0 Å². The van der Waals surface area contributed by atoms with Crippen LogP contribution in [0.5, 0.6) is 0 Å². The number of hydrogen-bond acceptors (Lipinski definition) is 4. The molecule has 2 N–H and O–H groups in total. The van der Waals surface area contributed by atoms with Gasteiger partial charge in [-0.1, -0.05) is 274 Å². The van der Waals surface area contributed by atoms with Gasteiger partial charge in [-0.15, -0.1) is 0 Å². The first kappa shape index (κ1) is 62.8. The van der Waals surface area contributed by atoms with Crippen LogP contribution in [0.4, 0.5) is 0 Å². The maximum atomic E-state index is 13.5. The molecule has 0 spiro atoms. The Morgan fingerprint density at radius 2 is 0.714 bits per heavy atom. The Morgan fingerprint density at radius 1 is 0.444 bits per heavy atom. The Kier molecular flexibility index (Phi) is 38.6. The largest absolute Gasteiger partial charge is 0.411 e. The van der Waals surface area contributed by atoms with Gasteiger partial charge in [-0.25, -0.2) is 0 Å². The number of hydrogen-bond donors (Lipinski definition) is 2. The average molecular weight is 925 g/mol. The summed E-state index contributed by atoms with van der Waals surface area (Å²) in [6, 6.07) is -0.483. The molecule has 0 aliphatic heterocycles. The molecule has 1 amide bonds. The summed E-state index contributed by atoms with van der Waals surface area (Å²) in [5.74, 6) is 0.0396. The lowest BCUT2D eigenvalue weighted by molar-refractivity contribution is -0.124. The molecule has 63 heavy (non-hydrogen) atoms. The van der Waals surface area contributed by atoms with Crippen molar-refractivity contribution in [1.82, 2.24) is 5.32 Å². The predicted octanol–water partition coefficient (Wildman–Crippen LogP) is 18.7. The Morgan fingerprint density at radius 3 is 1.00 bits per heavy atom. The molecule has 0 rings (SSSR count). The molecule has 0 bridgehead atoms. The van der Waals surface area contributed by atoms with Crippen LogP contribution in [-0.4, -0.2) is 52.5 Å². The second kappa shape index (κ2) is 38.7. The van der Waals surface area contributed by atoms with E-state index in [0.29, 0.717) is 6.42 Å². The van der Waals surface area contributed by atoms with Gasteiger partial charge >= 0.3 is 0 Å². The molecule has 378 valence electrons. The average Bonchev–Trinajstić information content (AvgIpc) is 3.21. The van der Waals surface area contributed by atoms with Crippen LogP contribution >= 0.6 is 0 Å². The monoisotopic (exact) mass is 924 g/mol. The SMILES string of the molecule is CCCCCCCCCCCCCCCCCCCCCCCCCC(=O)N[C@@H](CO)C(O[Si](C)(C)C(C)(C)C)C(CCCCCCCCCCCCCC)O[Si](C)(C)C(C)(C)C. The molecule has 0 radical (unpaired) electrons. The third-order valence-electron chi connectivity index (χ3n) is 15.1. The topological polar surface area (TPSA) is 67.8 Å². The van der Waals surface area contributed by atoms with E-state index >= 15 is 0 Å². The van der Waals surface area contributed by atoms with Gasteiger partial charge in [0.2, 0.25) is 5.91 Å². The van der Waals surface area contributed by atoms with Crippen LogP contribution < -0.4 is 5.32 Å². The lowest BCUT2D eigenvalue weighted by Crippen LogP contribution is -2.59. The van der Waals surface area contributed by atoms with Gasteiger partial charge in [-0.2, -0.15) is 0 Å². The highest BCUT2D eigenvalue weighted by atomic mass is 28.4. The van der Waals surface area contributed by atoms with E-state index in [1.165, 1.54) is 205 Å². The maximum absolute atomic E-state index is 13.5. The van der Waals surface area contributed by atoms with Crippen molar-refractivity contribution in [3.8, 4) is 0 Å². The minimum absolute atomic E-state index is 0.00146. The molecule has 0 saturated heterocycles. The molecule has 2 unspecified atom stereocenters. The van der Waals surface area contributed by atoms with Crippen LogP contribution in [0, 0.1) is 0 Å². The van der Waals surface area contributed by atoms with E-state index in [4.69, 9.17) is 8.85 Å². The molecule has 0 aliphatic rings. The number of carbonyl (C=O) groups is 1. The fraction of sp³-hybridized carbons (Fsp3) is 0.982. The second-order valence-electron chi connectivity index (χ2n) is 23.3. The Labute approximate surface area is 399 Å². The molecule has 7 heteroatoms. The highest BCUT2D eigenvalue weighted by Crippen LogP contribution is 2.42. The fourth-order valence-electron chi connectivity index (χ4n) is 8.55. The van der Waals surface area contributed by atoms with Crippen LogP contribution in [0.1, 0.15) is 293 Å². The van der Waals surface area contributed by atoms with Crippen molar-refractivity contribution >= 4 is 22.5 Å². The highest BCUT2D eigenvalue weighted by molar-refractivity contribution is 6.74. The number of aliphatic hydroxyl groups excluding tert-OH is 1. The predicted molar refractivity (Wildman–Crippen MR) is 285 cm³/mol. The normalized spacial score (nSPS) is 14.3. The molecule has 3 atom stereocenters. The minimum atomic E-state index is -2.27.